The van der Waals surface area contributed by atoms with Crippen molar-refractivity contribution in [1.29, 1.82) is 5.26 Å². The molecule has 1 aromatic carbocycles. The third-order valence-electron chi connectivity index (χ3n) is 6.59. The number of halogens is 1. The molecular weight excluding hydrogens is 429 g/mol. The quantitative estimate of drug-likeness (QED) is 0.600. The van der Waals surface area contributed by atoms with Gasteiger partial charge in [0, 0.05) is 17.5 Å². The lowest BCUT2D eigenvalue weighted by molar-refractivity contribution is 0.535. The van der Waals surface area contributed by atoms with Crippen LogP contribution >= 0.6 is 0 Å². The Morgan fingerprint density at radius 3 is 2.50 bits per heavy atom. The van der Waals surface area contributed by atoms with Crippen LogP contribution in [0.5, 0.6) is 0 Å². The Kier molecular flexibility index (Phi) is 5.22. The fourth-order valence-corrected chi connectivity index (χ4v) is 5.94. The van der Waals surface area contributed by atoms with Gasteiger partial charge in [-0.3, -0.25) is 0 Å². The van der Waals surface area contributed by atoms with Gasteiger partial charge in [0.05, 0.1) is 23.5 Å². The third-order valence-corrected chi connectivity index (χ3v) is 8.10. The van der Waals surface area contributed by atoms with E-state index in [0.29, 0.717) is 28.1 Å². The molecule has 1 N–H and O–H groups in total. The van der Waals surface area contributed by atoms with E-state index in [1.54, 1.807) is 6.07 Å². The zero-order valence-corrected chi connectivity index (χ0v) is 18.6. The Balaban J connectivity index is 1.60. The van der Waals surface area contributed by atoms with Gasteiger partial charge in [0.2, 0.25) is 10.0 Å². The lowest BCUT2D eigenvalue weighted by Crippen LogP contribution is -2.34. The molecule has 166 valence electrons. The fraction of sp³-hybridized carbons (Fsp3) is 0.435. The summed E-state index contributed by atoms with van der Waals surface area (Å²) in [6.07, 6.45) is 8.59. The third kappa shape index (κ3) is 3.67. The second-order valence-corrected chi connectivity index (χ2v) is 10.5. The summed E-state index contributed by atoms with van der Waals surface area (Å²) in [5.74, 6) is 0.272. The van der Waals surface area contributed by atoms with Gasteiger partial charge in [0.25, 0.3) is 0 Å². The first-order valence-electron chi connectivity index (χ1n) is 11.0. The molecule has 2 fully saturated rings. The highest BCUT2D eigenvalue weighted by atomic mass is 32.2. The normalized spacial score (nSPS) is 18.2. The Morgan fingerprint density at radius 1 is 1.19 bits per heavy atom. The molecule has 0 unspecified atom stereocenters. The first-order valence-corrected chi connectivity index (χ1v) is 12.5. The van der Waals surface area contributed by atoms with E-state index in [0.717, 1.165) is 38.5 Å². The average molecular weight is 454 g/mol. The predicted molar refractivity (Wildman–Crippen MR) is 118 cm³/mol. The minimum Gasteiger partial charge on any atom is -0.334 e. The van der Waals surface area contributed by atoms with E-state index < -0.39 is 10.0 Å². The zero-order chi connectivity index (χ0) is 22.5. The molecule has 0 saturated heterocycles. The monoisotopic (exact) mass is 453 g/mol. The smallest absolute Gasteiger partial charge is 0.243 e. The molecule has 2 aliphatic rings. The zero-order valence-electron chi connectivity index (χ0n) is 17.8. The molecule has 2 heterocycles. The lowest BCUT2D eigenvalue weighted by Gasteiger charge is -2.17. The van der Waals surface area contributed by atoms with Crippen molar-refractivity contribution in [2.24, 2.45) is 5.92 Å². The Hall–Kier alpha value is -2.83. The minimum atomic E-state index is -3.73. The molecule has 1 atom stereocenters. The van der Waals surface area contributed by atoms with Crippen molar-refractivity contribution >= 4 is 20.9 Å². The second kappa shape index (κ2) is 7.94. The molecule has 2 aromatic heterocycles. The number of sulfonamides is 1. The summed E-state index contributed by atoms with van der Waals surface area (Å²) in [5.41, 5.74) is 1.54. The molecule has 9 heteroatoms. The number of fused-ring (bicyclic) bond motifs is 1. The first kappa shape index (κ1) is 21.0. The van der Waals surface area contributed by atoms with Crippen molar-refractivity contribution in [2.75, 3.05) is 0 Å². The molecule has 0 spiro atoms. The molecule has 0 aliphatic heterocycles. The molecule has 0 amide bonds. The van der Waals surface area contributed by atoms with Crippen molar-refractivity contribution in [3.05, 3.63) is 42.0 Å². The van der Waals surface area contributed by atoms with Crippen molar-refractivity contribution in [1.82, 2.24) is 19.3 Å². The van der Waals surface area contributed by atoms with Crippen LogP contribution in [0.15, 0.2) is 35.5 Å². The molecule has 0 bridgehead atoms. The topological polar surface area (TPSA) is 101 Å². The maximum absolute atomic E-state index is 14.1. The highest BCUT2D eigenvalue weighted by Crippen LogP contribution is 2.40. The molecular formula is C23H24FN5O2S. The van der Waals surface area contributed by atoms with E-state index in [9.17, 15) is 18.1 Å². The minimum absolute atomic E-state index is 0.0122. The SMILES string of the molecule is C[C@H](NS(=O)(=O)c1cnc(-c2c(C#N)c3ccc(F)cc3n2C2CCCC2)nc1)C1CC1. The van der Waals surface area contributed by atoms with E-state index in [4.69, 9.17) is 0 Å². The van der Waals surface area contributed by atoms with Crippen LogP contribution in [0, 0.1) is 23.1 Å². The Bertz CT molecular complexity index is 1320. The van der Waals surface area contributed by atoms with Crippen LogP contribution in [0.2, 0.25) is 0 Å². The van der Waals surface area contributed by atoms with E-state index in [1.165, 1.54) is 24.5 Å². The van der Waals surface area contributed by atoms with Crippen LogP contribution in [0.1, 0.15) is 57.1 Å². The maximum atomic E-state index is 14.1. The van der Waals surface area contributed by atoms with Gasteiger partial charge in [-0.1, -0.05) is 12.8 Å². The molecule has 2 aliphatic carbocycles. The second-order valence-electron chi connectivity index (χ2n) is 8.79. The van der Waals surface area contributed by atoms with E-state index in [-0.39, 0.29) is 28.6 Å². The highest BCUT2D eigenvalue weighted by molar-refractivity contribution is 7.89. The lowest BCUT2D eigenvalue weighted by atomic mass is 10.1. The number of benzene rings is 1. The number of rotatable bonds is 6. The van der Waals surface area contributed by atoms with Crippen molar-refractivity contribution in [3.63, 3.8) is 0 Å². The van der Waals surface area contributed by atoms with Gasteiger partial charge in [-0.05, 0) is 56.7 Å². The van der Waals surface area contributed by atoms with Gasteiger partial charge < -0.3 is 4.57 Å². The van der Waals surface area contributed by atoms with Crippen LogP contribution in [0.3, 0.4) is 0 Å². The van der Waals surface area contributed by atoms with E-state index >= 15 is 0 Å². The average Bonchev–Trinajstić information content (AvgIpc) is 3.40. The summed E-state index contributed by atoms with van der Waals surface area (Å²) in [6.45, 7) is 1.86. The van der Waals surface area contributed by atoms with Gasteiger partial charge in [-0.2, -0.15) is 5.26 Å². The molecule has 5 rings (SSSR count). The fourth-order valence-electron chi connectivity index (χ4n) is 4.74. The summed E-state index contributed by atoms with van der Waals surface area (Å²) in [6, 6.07) is 6.62. The largest absolute Gasteiger partial charge is 0.334 e. The molecule has 32 heavy (non-hydrogen) atoms. The highest BCUT2D eigenvalue weighted by Gasteiger charge is 2.32. The summed E-state index contributed by atoms with van der Waals surface area (Å²) in [4.78, 5) is 8.68. The summed E-state index contributed by atoms with van der Waals surface area (Å²) in [5, 5.41) is 10.6. The molecule has 0 radical (unpaired) electrons. The van der Waals surface area contributed by atoms with Crippen molar-refractivity contribution in [3.8, 4) is 17.6 Å². The number of nitrogens with zero attached hydrogens (tertiary/aromatic N) is 4. The predicted octanol–water partition coefficient (Wildman–Crippen LogP) is 4.30. The van der Waals surface area contributed by atoms with Crippen LogP contribution in [0.25, 0.3) is 22.4 Å². The van der Waals surface area contributed by atoms with Gasteiger partial charge >= 0.3 is 0 Å². The van der Waals surface area contributed by atoms with Gasteiger partial charge in [-0.15, -0.1) is 0 Å². The number of nitriles is 1. The number of nitrogens with one attached hydrogen (secondary N) is 1. The van der Waals surface area contributed by atoms with Crippen molar-refractivity contribution in [2.45, 2.75) is 62.4 Å². The Morgan fingerprint density at radius 2 is 1.88 bits per heavy atom. The molecule has 3 aromatic rings. The number of hydrogen-bond acceptors (Lipinski definition) is 5. The number of aromatic nitrogens is 3. The molecule has 7 nitrogen and oxygen atoms in total. The first-order chi connectivity index (χ1) is 15.4. The summed E-state index contributed by atoms with van der Waals surface area (Å²) < 4.78 is 44.2. The summed E-state index contributed by atoms with van der Waals surface area (Å²) in [7, 11) is -3.73. The van der Waals surface area contributed by atoms with Gasteiger partial charge in [-0.25, -0.2) is 27.5 Å². The van der Waals surface area contributed by atoms with Crippen LogP contribution in [0.4, 0.5) is 4.39 Å². The van der Waals surface area contributed by atoms with Crippen LogP contribution < -0.4 is 4.72 Å². The van der Waals surface area contributed by atoms with Gasteiger partial charge in [0.1, 0.15) is 22.5 Å². The standard InChI is InChI=1S/C23H24FN5O2S/c1-14(15-6-7-15)28-32(30,31)18-12-26-23(27-13-18)22-20(11-25)19-9-8-16(24)10-21(19)29(22)17-4-2-3-5-17/h8-10,12-15,17,28H,2-7H2,1H3/t14-/m0/s1. The van der Waals surface area contributed by atoms with Crippen LogP contribution in [-0.2, 0) is 10.0 Å². The van der Waals surface area contributed by atoms with Crippen molar-refractivity contribution < 1.29 is 12.8 Å². The van der Waals surface area contributed by atoms with E-state index in [2.05, 4.69) is 20.8 Å². The summed E-state index contributed by atoms with van der Waals surface area (Å²) >= 11 is 0. The van der Waals surface area contributed by atoms with Crippen LogP contribution in [-0.4, -0.2) is 29.0 Å². The maximum Gasteiger partial charge on any atom is 0.243 e. The van der Waals surface area contributed by atoms with Gasteiger partial charge in [0.15, 0.2) is 5.82 Å². The van der Waals surface area contributed by atoms with E-state index in [1.807, 2.05) is 11.5 Å². The Labute approximate surface area is 186 Å². The number of hydrogen-bond donors (Lipinski definition) is 1. The molecule has 2 saturated carbocycles.